The molecule has 0 amide bonds. The molecule has 1 aliphatic heterocycles. The molecule has 1 saturated heterocycles. The lowest BCUT2D eigenvalue weighted by atomic mass is 9.79. The summed E-state index contributed by atoms with van der Waals surface area (Å²) >= 11 is 0. The SMILES string of the molecule is CC1(C)CC(Nc2cccc3c2C(=O)c2ccccc2C3=O)CC(C)(C)N1. The minimum Gasteiger partial charge on any atom is -0.382 e. The fourth-order valence-electron chi connectivity index (χ4n) is 4.91. The van der Waals surface area contributed by atoms with Gasteiger partial charge in [-0.15, -0.1) is 0 Å². The van der Waals surface area contributed by atoms with Crippen LogP contribution in [0.1, 0.15) is 72.4 Å². The van der Waals surface area contributed by atoms with Gasteiger partial charge in [0.15, 0.2) is 11.6 Å². The van der Waals surface area contributed by atoms with Gasteiger partial charge >= 0.3 is 0 Å². The van der Waals surface area contributed by atoms with E-state index in [1.165, 1.54) is 0 Å². The summed E-state index contributed by atoms with van der Waals surface area (Å²) in [5.74, 6) is -0.148. The summed E-state index contributed by atoms with van der Waals surface area (Å²) in [6.07, 6.45) is 1.89. The predicted molar refractivity (Wildman–Crippen MR) is 108 cm³/mol. The number of fused-ring (bicyclic) bond motifs is 2. The van der Waals surface area contributed by atoms with E-state index in [4.69, 9.17) is 0 Å². The Morgan fingerprint density at radius 2 is 1.37 bits per heavy atom. The van der Waals surface area contributed by atoms with Crippen molar-refractivity contribution in [3.05, 3.63) is 64.7 Å². The molecular formula is C23H26N2O2. The van der Waals surface area contributed by atoms with Gasteiger partial charge in [0.25, 0.3) is 0 Å². The Hall–Kier alpha value is -2.46. The zero-order valence-corrected chi connectivity index (χ0v) is 16.3. The van der Waals surface area contributed by atoms with Crippen LogP contribution in [0, 0.1) is 0 Å². The number of nitrogens with one attached hydrogen (secondary N) is 2. The molecule has 2 aliphatic rings. The molecule has 2 aromatic carbocycles. The van der Waals surface area contributed by atoms with Crippen molar-refractivity contribution in [1.82, 2.24) is 5.32 Å². The van der Waals surface area contributed by atoms with E-state index in [-0.39, 0.29) is 28.7 Å². The van der Waals surface area contributed by atoms with Gasteiger partial charge < -0.3 is 10.6 Å². The highest BCUT2D eigenvalue weighted by atomic mass is 16.1. The third kappa shape index (κ3) is 3.19. The highest BCUT2D eigenvalue weighted by Crippen LogP contribution is 2.35. The van der Waals surface area contributed by atoms with Crippen LogP contribution in [0.3, 0.4) is 0 Å². The number of benzene rings is 2. The van der Waals surface area contributed by atoms with Gasteiger partial charge in [0.2, 0.25) is 0 Å². The highest BCUT2D eigenvalue weighted by molar-refractivity contribution is 6.30. The monoisotopic (exact) mass is 362 g/mol. The van der Waals surface area contributed by atoms with Gasteiger partial charge in [0.1, 0.15) is 0 Å². The summed E-state index contributed by atoms with van der Waals surface area (Å²) in [7, 11) is 0. The summed E-state index contributed by atoms with van der Waals surface area (Å²) < 4.78 is 0. The molecule has 0 spiro atoms. The molecule has 27 heavy (non-hydrogen) atoms. The zero-order chi connectivity index (χ0) is 19.4. The summed E-state index contributed by atoms with van der Waals surface area (Å²) in [4.78, 5) is 26.1. The van der Waals surface area contributed by atoms with Crippen LogP contribution < -0.4 is 10.6 Å². The van der Waals surface area contributed by atoms with E-state index in [0.29, 0.717) is 22.3 Å². The van der Waals surface area contributed by atoms with E-state index >= 15 is 0 Å². The number of rotatable bonds is 2. The molecule has 0 bridgehead atoms. The Bertz CT molecular complexity index is 927. The Balaban J connectivity index is 1.73. The van der Waals surface area contributed by atoms with Crippen molar-refractivity contribution in [2.75, 3.05) is 5.32 Å². The summed E-state index contributed by atoms with van der Waals surface area (Å²) in [5.41, 5.74) is 2.76. The van der Waals surface area contributed by atoms with Crippen LogP contribution in [-0.4, -0.2) is 28.7 Å². The Labute approximate surface area is 160 Å². The van der Waals surface area contributed by atoms with Gasteiger partial charge in [-0.1, -0.05) is 36.4 Å². The number of hydrogen-bond acceptors (Lipinski definition) is 4. The van der Waals surface area contributed by atoms with Gasteiger partial charge in [-0.2, -0.15) is 0 Å². The maximum Gasteiger partial charge on any atom is 0.196 e. The van der Waals surface area contributed by atoms with Crippen molar-refractivity contribution in [2.45, 2.75) is 57.7 Å². The van der Waals surface area contributed by atoms with Crippen LogP contribution >= 0.6 is 0 Å². The van der Waals surface area contributed by atoms with Gasteiger partial charge in [-0.3, -0.25) is 9.59 Å². The number of carbonyl (C=O) groups excluding carboxylic acids is 2. The van der Waals surface area contributed by atoms with Gasteiger partial charge in [-0.05, 0) is 46.6 Å². The quantitative estimate of drug-likeness (QED) is 0.718. The molecule has 0 saturated carbocycles. The molecule has 4 heteroatoms. The lowest BCUT2D eigenvalue weighted by Gasteiger charge is -2.47. The fraction of sp³-hybridized carbons (Fsp3) is 0.391. The summed E-state index contributed by atoms with van der Waals surface area (Å²) in [6.45, 7) is 8.81. The van der Waals surface area contributed by atoms with Crippen molar-refractivity contribution < 1.29 is 9.59 Å². The van der Waals surface area contributed by atoms with E-state index in [9.17, 15) is 9.59 Å². The standard InChI is InChI=1S/C23H26N2O2/c1-22(2)12-14(13-23(3,4)25-22)24-18-11-7-10-17-19(18)21(27)16-9-6-5-8-15(16)20(17)26/h5-11,14,24-25H,12-13H2,1-4H3. The molecule has 0 unspecified atom stereocenters. The number of ketones is 2. The number of hydrogen-bond donors (Lipinski definition) is 2. The molecule has 1 heterocycles. The van der Waals surface area contributed by atoms with Gasteiger partial charge in [0.05, 0.1) is 5.56 Å². The summed E-state index contributed by atoms with van der Waals surface area (Å²) in [5, 5.41) is 7.27. The molecule has 1 fully saturated rings. The van der Waals surface area contributed by atoms with Crippen LogP contribution in [-0.2, 0) is 0 Å². The summed E-state index contributed by atoms with van der Waals surface area (Å²) in [6, 6.07) is 12.8. The molecule has 0 radical (unpaired) electrons. The van der Waals surface area contributed by atoms with Crippen molar-refractivity contribution in [3.8, 4) is 0 Å². The molecule has 0 atom stereocenters. The first-order valence-corrected chi connectivity index (χ1v) is 9.54. The first kappa shape index (κ1) is 17.9. The van der Waals surface area contributed by atoms with Crippen molar-refractivity contribution in [2.24, 2.45) is 0 Å². The van der Waals surface area contributed by atoms with Crippen LogP contribution in [0.2, 0.25) is 0 Å². The van der Waals surface area contributed by atoms with Crippen LogP contribution in [0.4, 0.5) is 5.69 Å². The third-order valence-corrected chi connectivity index (χ3v) is 5.50. The molecule has 1 aliphatic carbocycles. The normalized spacial score (nSPS) is 20.7. The lowest BCUT2D eigenvalue weighted by Crippen LogP contribution is -2.60. The molecule has 4 rings (SSSR count). The third-order valence-electron chi connectivity index (χ3n) is 5.50. The second-order valence-corrected chi connectivity index (χ2v) is 9.07. The average molecular weight is 362 g/mol. The highest BCUT2D eigenvalue weighted by Gasteiger charge is 2.38. The van der Waals surface area contributed by atoms with E-state index in [1.54, 1.807) is 24.3 Å². The van der Waals surface area contributed by atoms with E-state index < -0.39 is 0 Å². The fourth-order valence-corrected chi connectivity index (χ4v) is 4.91. The smallest absolute Gasteiger partial charge is 0.196 e. The number of carbonyl (C=O) groups is 2. The average Bonchev–Trinajstić information content (AvgIpc) is 2.57. The van der Waals surface area contributed by atoms with Crippen LogP contribution in [0.15, 0.2) is 42.5 Å². The predicted octanol–water partition coefficient (Wildman–Crippen LogP) is 4.18. The maximum atomic E-state index is 13.2. The first-order valence-electron chi connectivity index (χ1n) is 9.54. The zero-order valence-electron chi connectivity index (χ0n) is 16.3. The topological polar surface area (TPSA) is 58.2 Å². The second kappa shape index (κ2) is 6.03. The van der Waals surface area contributed by atoms with Crippen molar-refractivity contribution in [1.29, 1.82) is 0 Å². The van der Waals surface area contributed by atoms with E-state index in [0.717, 1.165) is 18.5 Å². The minimum absolute atomic E-state index is 0.000681. The molecule has 2 N–H and O–H groups in total. The lowest BCUT2D eigenvalue weighted by molar-refractivity contribution is 0.0979. The number of piperidine rings is 1. The Kier molecular flexibility index (Phi) is 4.00. The van der Waals surface area contributed by atoms with E-state index in [2.05, 4.69) is 38.3 Å². The minimum atomic E-state index is -0.0742. The van der Waals surface area contributed by atoms with Crippen LogP contribution in [0.5, 0.6) is 0 Å². The van der Waals surface area contributed by atoms with Crippen molar-refractivity contribution in [3.63, 3.8) is 0 Å². The Morgan fingerprint density at radius 3 is 2.00 bits per heavy atom. The first-order chi connectivity index (χ1) is 12.7. The second-order valence-electron chi connectivity index (χ2n) is 9.07. The maximum absolute atomic E-state index is 13.2. The molecule has 2 aromatic rings. The molecule has 4 nitrogen and oxygen atoms in total. The molecular weight excluding hydrogens is 336 g/mol. The van der Waals surface area contributed by atoms with Crippen molar-refractivity contribution >= 4 is 17.3 Å². The largest absolute Gasteiger partial charge is 0.382 e. The van der Waals surface area contributed by atoms with Crippen LogP contribution in [0.25, 0.3) is 0 Å². The van der Waals surface area contributed by atoms with Gasteiger partial charge in [-0.25, -0.2) is 0 Å². The molecule has 0 aromatic heterocycles. The van der Waals surface area contributed by atoms with E-state index in [1.807, 2.05) is 18.2 Å². The Morgan fingerprint density at radius 1 is 0.815 bits per heavy atom. The van der Waals surface area contributed by atoms with Gasteiger partial charge in [0, 0.05) is 39.5 Å². The number of anilines is 1. The molecule has 140 valence electrons.